The van der Waals surface area contributed by atoms with Crippen LogP contribution in [0.15, 0.2) is 36.7 Å². The maximum absolute atomic E-state index is 12.5. The van der Waals surface area contributed by atoms with Crippen molar-refractivity contribution < 1.29 is 4.79 Å². The Morgan fingerprint density at radius 2 is 1.81 bits per heavy atom. The number of rotatable bonds is 3. The first kappa shape index (κ1) is 17.8. The number of fused-ring (bicyclic) bond motifs is 1. The Labute approximate surface area is 163 Å². The van der Waals surface area contributed by atoms with E-state index in [4.69, 9.17) is 23.2 Å². The molecule has 1 saturated heterocycles. The molecule has 1 aromatic heterocycles. The molecule has 0 spiro atoms. The lowest BCUT2D eigenvalue weighted by Gasteiger charge is -2.26. The van der Waals surface area contributed by atoms with Gasteiger partial charge in [0.05, 0.1) is 17.4 Å². The van der Waals surface area contributed by atoms with Crippen molar-refractivity contribution in [3.8, 4) is 0 Å². The molecular weight excluding hydrogens is 371 g/mol. The van der Waals surface area contributed by atoms with Crippen LogP contribution in [0.5, 0.6) is 0 Å². The fourth-order valence-electron chi connectivity index (χ4n) is 4.34. The molecule has 4 rings (SSSR count). The van der Waals surface area contributed by atoms with Crippen molar-refractivity contribution in [1.29, 1.82) is 0 Å². The number of benzene rings is 1. The smallest absolute Gasteiger partial charge is 0.322 e. The third kappa shape index (κ3) is 3.61. The van der Waals surface area contributed by atoms with Crippen LogP contribution in [0.2, 0.25) is 10.0 Å². The second kappa shape index (κ2) is 7.22. The average molecular weight is 393 g/mol. The summed E-state index contributed by atoms with van der Waals surface area (Å²) in [6.07, 6.45) is 5.34. The Morgan fingerprint density at radius 3 is 2.38 bits per heavy atom. The Kier molecular flexibility index (Phi) is 4.95. The minimum atomic E-state index is -0.0719. The zero-order chi connectivity index (χ0) is 18.3. The Morgan fingerprint density at radius 1 is 1.15 bits per heavy atom. The number of amides is 1. The number of carbonyl (C=O) groups excluding carboxylic acids is 1. The zero-order valence-electron chi connectivity index (χ0n) is 14.7. The fraction of sp³-hybridized carbons (Fsp3) is 0.474. The van der Waals surface area contributed by atoms with Gasteiger partial charge in [0, 0.05) is 30.7 Å². The second-order valence-corrected chi connectivity index (χ2v) is 8.35. The predicted molar refractivity (Wildman–Crippen MR) is 103 cm³/mol. The SMILES string of the molecule is CN(Cc1ccc(Cl)cc1)C1CC2CN(C(=O)n3cc(Cl)cn3)CC2C1. The number of hydrogen-bond donors (Lipinski definition) is 0. The summed E-state index contributed by atoms with van der Waals surface area (Å²) < 4.78 is 1.34. The zero-order valence-corrected chi connectivity index (χ0v) is 16.2. The number of aromatic nitrogens is 2. The van der Waals surface area contributed by atoms with Gasteiger partial charge in [-0.15, -0.1) is 0 Å². The van der Waals surface area contributed by atoms with Gasteiger partial charge in [-0.25, -0.2) is 4.79 Å². The number of nitrogens with zero attached hydrogens (tertiary/aromatic N) is 4. The van der Waals surface area contributed by atoms with Crippen LogP contribution in [0.3, 0.4) is 0 Å². The van der Waals surface area contributed by atoms with E-state index in [1.54, 1.807) is 6.20 Å². The van der Waals surface area contributed by atoms with Crippen LogP contribution in [0.4, 0.5) is 4.79 Å². The summed E-state index contributed by atoms with van der Waals surface area (Å²) in [4.78, 5) is 16.9. The van der Waals surface area contributed by atoms with E-state index in [-0.39, 0.29) is 6.03 Å². The fourth-order valence-corrected chi connectivity index (χ4v) is 4.60. The van der Waals surface area contributed by atoms with E-state index in [0.717, 1.165) is 37.5 Å². The Balaban J connectivity index is 1.33. The van der Waals surface area contributed by atoms with Crippen LogP contribution < -0.4 is 0 Å². The van der Waals surface area contributed by atoms with Gasteiger partial charge in [0.2, 0.25) is 0 Å². The topological polar surface area (TPSA) is 41.4 Å². The Hall–Kier alpha value is -1.56. The van der Waals surface area contributed by atoms with Crippen molar-refractivity contribution in [1.82, 2.24) is 19.6 Å². The third-order valence-electron chi connectivity index (χ3n) is 5.71. The lowest BCUT2D eigenvalue weighted by atomic mass is 10.0. The van der Waals surface area contributed by atoms with Crippen LogP contribution in [0.1, 0.15) is 18.4 Å². The van der Waals surface area contributed by atoms with Crippen molar-refractivity contribution in [2.24, 2.45) is 11.8 Å². The van der Waals surface area contributed by atoms with Crippen LogP contribution >= 0.6 is 23.2 Å². The monoisotopic (exact) mass is 392 g/mol. The highest BCUT2D eigenvalue weighted by atomic mass is 35.5. The molecule has 2 aromatic rings. The third-order valence-corrected chi connectivity index (χ3v) is 6.16. The van der Waals surface area contributed by atoms with E-state index in [0.29, 0.717) is 22.9 Å². The van der Waals surface area contributed by atoms with Gasteiger partial charge in [-0.2, -0.15) is 9.78 Å². The molecule has 0 N–H and O–H groups in total. The molecule has 2 atom stereocenters. The summed E-state index contributed by atoms with van der Waals surface area (Å²) in [6, 6.07) is 8.56. The summed E-state index contributed by atoms with van der Waals surface area (Å²) in [5, 5.41) is 5.29. The highest BCUT2D eigenvalue weighted by Gasteiger charge is 2.43. The molecule has 1 aliphatic carbocycles. The first-order valence-corrected chi connectivity index (χ1v) is 9.69. The van der Waals surface area contributed by atoms with E-state index in [1.807, 2.05) is 17.0 Å². The van der Waals surface area contributed by atoms with E-state index >= 15 is 0 Å². The molecule has 1 aromatic carbocycles. The summed E-state index contributed by atoms with van der Waals surface area (Å²) in [5.74, 6) is 1.14. The van der Waals surface area contributed by atoms with E-state index in [9.17, 15) is 4.79 Å². The standard InChI is InChI=1S/C19H22Cl2N4O/c1-23(9-13-2-4-16(20)5-3-13)18-6-14-10-24(11-15(14)7-18)19(26)25-12-17(21)8-22-25/h2-5,8,12,14-15,18H,6-7,9-11H2,1H3. The molecular formula is C19H22Cl2N4O. The quantitative estimate of drug-likeness (QED) is 0.792. The largest absolute Gasteiger partial charge is 0.344 e. The van der Waals surface area contributed by atoms with E-state index in [1.165, 1.54) is 16.4 Å². The number of carbonyl (C=O) groups is 1. The van der Waals surface area contributed by atoms with Crippen molar-refractivity contribution in [2.75, 3.05) is 20.1 Å². The van der Waals surface area contributed by atoms with Gasteiger partial charge in [-0.1, -0.05) is 35.3 Å². The van der Waals surface area contributed by atoms with Crippen LogP contribution in [-0.4, -0.2) is 51.8 Å². The molecule has 0 bridgehead atoms. The van der Waals surface area contributed by atoms with Crippen molar-refractivity contribution >= 4 is 29.2 Å². The van der Waals surface area contributed by atoms with E-state index in [2.05, 4.69) is 29.2 Å². The second-order valence-electron chi connectivity index (χ2n) is 7.48. The normalized spacial score (nSPS) is 25.1. The van der Waals surface area contributed by atoms with Gasteiger partial charge in [0.25, 0.3) is 0 Å². The summed E-state index contributed by atoms with van der Waals surface area (Å²) in [7, 11) is 2.19. The molecule has 7 heteroatoms. The Bertz CT molecular complexity index is 777. The number of likely N-dealkylation sites (tertiary alicyclic amines) is 1. The maximum atomic E-state index is 12.5. The first-order chi connectivity index (χ1) is 12.5. The molecule has 2 aliphatic rings. The van der Waals surface area contributed by atoms with Crippen LogP contribution in [0, 0.1) is 11.8 Å². The van der Waals surface area contributed by atoms with Gasteiger partial charge in [-0.05, 0) is 49.4 Å². The van der Waals surface area contributed by atoms with Gasteiger partial charge < -0.3 is 4.90 Å². The lowest BCUT2D eigenvalue weighted by molar-refractivity contribution is 0.192. The van der Waals surface area contributed by atoms with Gasteiger partial charge in [0.1, 0.15) is 0 Å². The molecule has 1 aliphatic heterocycles. The van der Waals surface area contributed by atoms with Gasteiger partial charge in [-0.3, -0.25) is 4.90 Å². The minimum absolute atomic E-state index is 0.0719. The van der Waals surface area contributed by atoms with Gasteiger partial charge in [0.15, 0.2) is 0 Å². The molecule has 1 amide bonds. The van der Waals surface area contributed by atoms with Crippen LogP contribution in [0.25, 0.3) is 0 Å². The molecule has 138 valence electrons. The van der Waals surface area contributed by atoms with Gasteiger partial charge >= 0.3 is 6.03 Å². The van der Waals surface area contributed by atoms with Crippen molar-refractivity contribution in [3.05, 3.63) is 52.3 Å². The highest BCUT2D eigenvalue weighted by molar-refractivity contribution is 6.30. The summed E-state index contributed by atoms with van der Waals surface area (Å²) >= 11 is 11.8. The predicted octanol–water partition coefficient (Wildman–Crippen LogP) is 4.00. The molecule has 26 heavy (non-hydrogen) atoms. The van der Waals surface area contributed by atoms with Crippen molar-refractivity contribution in [2.45, 2.75) is 25.4 Å². The molecule has 2 fully saturated rings. The summed E-state index contributed by atoms with van der Waals surface area (Å²) in [5.41, 5.74) is 1.28. The van der Waals surface area contributed by atoms with Crippen LogP contribution in [-0.2, 0) is 6.54 Å². The number of hydrogen-bond acceptors (Lipinski definition) is 3. The first-order valence-electron chi connectivity index (χ1n) is 8.93. The molecule has 2 unspecified atom stereocenters. The maximum Gasteiger partial charge on any atom is 0.344 e. The lowest BCUT2D eigenvalue weighted by Crippen LogP contribution is -2.36. The van der Waals surface area contributed by atoms with E-state index < -0.39 is 0 Å². The molecule has 1 saturated carbocycles. The summed E-state index contributed by atoms with van der Waals surface area (Å²) in [6.45, 7) is 2.55. The minimum Gasteiger partial charge on any atom is -0.322 e. The molecule has 0 radical (unpaired) electrons. The average Bonchev–Trinajstić information content (AvgIpc) is 3.30. The molecule has 2 heterocycles. The highest BCUT2D eigenvalue weighted by Crippen LogP contribution is 2.40. The number of halogens is 2. The van der Waals surface area contributed by atoms with Crippen molar-refractivity contribution in [3.63, 3.8) is 0 Å². The molecule has 5 nitrogen and oxygen atoms in total.